The first-order valence-electron chi connectivity index (χ1n) is 5.78. The van der Waals surface area contributed by atoms with Gasteiger partial charge in [-0.15, -0.1) is 11.3 Å². The molecular formula is C10H15ClN2O5S2. The fourth-order valence-electron chi connectivity index (χ4n) is 1.59. The predicted molar refractivity (Wildman–Crippen MR) is 76.7 cm³/mol. The van der Waals surface area contributed by atoms with E-state index < -0.39 is 20.6 Å². The number of halogens is 1. The lowest BCUT2D eigenvalue weighted by Crippen LogP contribution is -2.37. The minimum atomic E-state index is -3.86. The van der Waals surface area contributed by atoms with Crippen molar-refractivity contribution in [2.75, 3.05) is 13.2 Å². The van der Waals surface area contributed by atoms with Gasteiger partial charge < -0.3 is 5.11 Å². The molecule has 0 saturated heterocycles. The van der Waals surface area contributed by atoms with Crippen LogP contribution in [0.3, 0.4) is 0 Å². The third-order valence-corrected chi connectivity index (χ3v) is 6.38. The van der Waals surface area contributed by atoms with E-state index in [0.29, 0.717) is 17.8 Å². The number of hydrogen-bond acceptors (Lipinski definition) is 6. The van der Waals surface area contributed by atoms with E-state index in [0.717, 1.165) is 6.07 Å². The number of nitro groups is 1. The van der Waals surface area contributed by atoms with Crippen LogP contribution in [0.1, 0.15) is 20.3 Å². The molecule has 0 radical (unpaired) electrons. The van der Waals surface area contributed by atoms with Crippen molar-refractivity contribution in [3.05, 3.63) is 20.5 Å². The second kappa shape index (κ2) is 6.81. The van der Waals surface area contributed by atoms with Crippen molar-refractivity contribution < 1.29 is 18.4 Å². The molecule has 114 valence electrons. The maximum Gasteiger partial charge on any atom is 0.300 e. The molecule has 0 atom stereocenters. The van der Waals surface area contributed by atoms with Crippen molar-refractivity contribution in [3.8, 4) is 0 Å². The summed E-state index contributed by atoms with van der Waals surface area (Å²) in [5.41, 5.74) is -0.416. The highest BCUT2D eigenvalue weighted by Crippen LogP contribution is 2.37. The summed E-state index contributed by atoms with van der Waals surface area (Å²) in [6.45, 7) is 3.39. The minimum absolute atomic E-state index is 0.135. The van der Waals surface area contributed by atoms with Crippen LogP contribution in [0.4, 0.5) is 5.69 Å². The maximum atomic E-state index is 12.4. The largest absolute Gasteiger partial charge is 0.396 e. The molecule has 1 N–H and O–H groups in total. The van der Waals surface area contributed by atoms with Crippen LogP contribution in [-0.2, 0) is 10.0 Å². The molecule has 1 heterocycles. The van der Waals surface area contributed by atoms with Gasteiger partial charge in [0.15, 0.2) is 4.34 Å². The van der Waals surface area contributed by atoms with Gasteiger partial charge in [-0.2, -0.15) is 4.31 Å². The van der Waals surface area contributed by atoms with E-state index >= 15 is 0 Å². The van der Waals surface area contributed by atoms with E-state index in [9.17, 15) is 18.5 Å². The monoisotopic (exact) mass is 342 g/mol. The quantitative estimate of drug-likeness (QED) is 0.604. The van der Waals surface area contributed by atoms with Gasteiger partial charge in [0.05, 0.1) is 4.92 Å². The van der Waals surface area contributed by atoms with Gasteiger partial charge in [0.2, 0.25) is 0 Å². The van der Waals surface area contributed by atoms with Crippen LogP contribution in [-0.4, -0.2) is 41.9 Å². The smallest absolute Gasteiger partial charge is 0.300 e. The van der Waals surface area contributed by atoms with Crippen LogP contribution < -0.4 is 0 Å². The summed E-state index contributed by atoms with van der Waals surface area (Å²) in [5, 5.41) is 19.5. The highest BCUT2D eigenvalue weighted by Gasteiger charge is 2.31. The molecule has 1 rings (SSSR count). The number of thiophene rings is 1. The molecule has 0 aliphatic rings. The highest BCUT2D eigenvalue weighted by molar-refractivity contribution is 7.91. The molecule has 0 spiro atoms. The van der Waals surface area contributed by atoms with Crippen LogP contribution in [0.2, 0.25) is 4.34 Å². The van der Waals surface area contributed by atoms with Crippen LogP contribution >= 0.6 is 22.9 Å². The van der Waals surface area contributed by atoms with Gasteiger partial charge in [-0.25, -0.2) is 8.42 Å². The van der Waals surface area contributed by atoms with Crippen LogP contribution in [0, 0.1) is 10.1 Å². The normalized spacial score (nSPS) is 12.3. The van der Waals surface area contributed by atoms with Crippen molar-refractivity contribution in [3.63, 3.8) is 0 Å². The fourth-order valence-corrected chi connectivity index (χ4v) is 5.06. The third kappa shape index (κ3) is 3.67. The minimum Gasteiger partial charge on any atom is -0.396 e. The molecule has 1 aromatic heterocycles. The van der Waals surface area contributed by atoms with E-state index in [4.69, 9.17) is 16.7 Å². The molecule has 10 heteroatoms. The molecule has 0 aromatic carbocycles. The van der Waals surface area contributed by atoms with Gasteiger partial charge in [0.25, 0.3) is 15.7 Å². The summed E-state index contributed by atoms with van der Waals surface area (Å²) in [7, 11) is -3.86. The van der Waals surface area contributed by atoms with Gasteiger partial charge in [-0.05, 0) is 20.3 Å². The van der Waals surface area contributed by atoms with Crippen molar-refractivity contribution in [1.29, 1.82) is 0 Å². The van der Waals surface area contributed by atoms with Crippen molar-refractivity contribution in [2.45, 2.75) is 30.5 Å². The second-order valence-electron chi connectivity index (χ2n) is 4.27. The van der Waals surface area contributed by atoms with E-state index in [1.807, 2.05) is 0 Å². The Morgan fingerprint density at radius 3 is 2.55 bits per heavy atom. The Morgan fingerprint density at radius 1 is 1.55 bits per heavy atom. The number of rotatable bonds is 7. The summed E-state index contributed by atoms with van der Waals surface area (Å²) in [4.78, 5) is 10.0. The maximum absolute atomic E-state index is 12.4. The summed E-state index contributed by atoms with van der Waals surface area (Å²) >= 11 is 6.35. The molecule has 1 aromatic rings. The number of hydrogen-bond donors (Lipinski definition) is 1. The zero-order valence-corrected chi connectivity index (χ0v) is 13.3. The first-order valence-corrected chi connectivity index (χ1v) is 8.41. The highest BCUT2D eigenvalue weighted by atomic mass is 35.5. The van der Waals surface area contributed by atoms with Gasteiger partial charge in [-0.1, -0.05) is 11.6 Å². The summed E-state index contributed by atoms with van der Waals surface area (Å²) in [6.07, 6.45) is 0.290. The van der Waals surface area contributed by atoms with E-state index in [1.54, 1.807) is 13.8 Å². The number of sulfonamides is 1. The molecule has 0 aliphatic carbocycles. The molecule has 0 amide bonds. The lowest BCUT2D eigenvalue weighted by molar-refractivity contribution is -0.384. The number of nitrogens with zero attached hydrogens (tertiary/aromatic N) is 2. The van der Waals surface area contributed by atoms with Gasteiger partial charge in [-0.3, -0.25) is 10.1 Å². The molecular weight excluding hydrogens is 328 g/mol. The number of aliphatic hydroxyl groups excluding tert-OH is 1. The molecule has 0 bridgehead atoms. The topological polar surface area (TPSA) is 101 Å². The lowest BCUT2D eigenvalue weighted by atomic mass is 10.3. The molecule has 7 nitrogen and oxygen atoms in total. The van der Waals surface area contributed by atoms with Gasteiger partial charge in [0, 0.05) is 25.3 Å². The Kier molecular flexibility index (Phi) is 5.90. The van der Waals surface area contributed by atoms with E-state index in [2.05, 4.69) is 0 Å². The predicted octanol–water partition coefficient (Wildman–Crippen LogP) is 2.09. The molecule has 20 heavy (non-hydrogen) atoms. The Labute approximate surface area is 126 Å². The molecule has 0 unspecified atom stereocenters. The van der Waals surface area contributed by atoms with E-state index in [-0.39, 0.29) is 27.7 Å². The molecule has 0 fully saturated rings. The third-order valence-electron chi connectivity index (χ3n) is 2.52. The Morgan fingerprint density at radius 2 is 2.15 bits per heavy atom. The van der Waals surface area contributed by atoms with Gasteiger partial charge >= 0.3 is 0 Å². The summed E-state index contributed by atoms with van der Waals surface area (Å²) in [6, 6.07) is 0.642. The average Bonchev–Trinajstić information content (AvgIpc) is 2.72. The Balaban J connectivity index is 3.19. The SMILES string of the molecule is CC(C)N(CCCO)S(=O)(=O)c1cc([N+](=O)[O-])c(Cl)s1. The van der Waals surface area contributed by atoms with E-state index in [1.165, 1.54) is 4.31 Å². The Hall–Kier alpha value is -0.740. The van der Waals surface area contributed by atoms with Crippen molar-refractivity contribution in [2.24, 2.45) is 0 Å². The number of aliphatic hydroxyl groups is 1. The second-order valence-corrected chi connectivity index (χ2v) is 8.04. The summed E-state index contributed by atoms with van der Waals surface area (Å²) < 4.78 is 25.7. The van der Waals surface area contributed by atoms with Crippen LogP contribution in [0.5, 0.6) is 0 Å². The van der Waals surface area contributed by atoms with Crippen molar-refractivity contribution >= 4 is 38.6 Å². The zero-order chi connectivity index (χ0) is 15.5. The molecule has 0 saturated carbocycles. The molecule has 0 aliphatic heterocycles. The lowest BCUT2D eigenvalue weighted by Gasteiger charge is -2.24. The van der Waals surface area contributed by atoms with Crippen LogP contribution in [0.15, 0.2) is 10.3 Å². The Bertz CT molecular complexity index is 584. The van der Waals surface area contributed by atoms with Gasteiger partial charge in [0.1, 0.15) is 4.21 Å². The van der Waals surface area contributed by atoms with Crippen LogP contribution in [0.25, 0.3) is 0 Å². The first-order chi connectivity index (χ1) is 9.21. The zero-order valence-electron chi connectivity index (χ0n) is 10.9. The summed E-state index contributed by atoms with van der Waals surface area (Å²) in [5.74, 6) is 0. The standard InChI is InChI=1S/C10H15ClN2O5S2/c1-7(2)12(4-3-5-14)20(17,18)9-6-8(13(15)16)10(11)19-9/h6-7,14H,3-5H2,1-2H3. The average molecular weight is 343 g/mol. The first kappa shape index (κ1) is 17.3. The fraction of sp³-hybridized carbons (Fsp3) is 0.600. The van der Waals surface area contributed by atoms with Crippen molar-refractivity contribution in [1.82, 2.24) is 4.31 Å².